The fourth-order valence-electron chi connectivity index (χ4n) is 2.63. The van der Waals surface area contributed by atoms with Crippen LogP contribution >= 0.6 is 0 Å². The summed E-state index contributed by atoms with van der Waals surface area (Å²) in [6.07, 6.45) is 6.41. The van der Waals surface area contributed by atoms with Gasteiger partial charge in [0.05, 0.1) is 12.2 Å². The van der Waals surface area contributed by atoms with Crippen LogP contribution in [0.1, 0.15) is 36.9 Å². The van der Waals surface area contributed by atoms with Crippen molar-refractivity contribution in [2.75, 3.05) is 6.54 Å². The normalized spacial score (nSPS) is 16.3. The molecule has 1 aliphatic rings. The van der Waals surface area contributed by atoms with Crippen LogP contribution in [0.5, 0.6) is 0 Å². The molecular weight excluding hydrogens is 228 g/mol. The molecule has 1 aliphatic carbocycles. The van der Waals surface area contributed by atoms with Crippen LogP contribution in [-0.4, -0.2) is 33.5 Å². The zero-order chi connectivity index (χ0) is 13.0. The van der Waals surface area contributed by atoms with E-state index in [0.29, 0.717) is 12.6 Å². The predicted octanol–water partition coefficient (Wildman–Crippen LogP) is 2.22. The van der Waals surface area contributed by atoms with Crippen molar-refractivity contribution in [2.24, 2.45) is 0 Å². The molecule has 0 unspecified atom stereocenters. The van der Waals surface area contributed by atoms with Gasteiger partial charge in [-0.1, -0.05) is 18.9 Å². The topological polar surface area (TPSA) is 53.4 Å². The van der Waals surface area contributed by atoms with Crippen molar-refractivity contribution in [3.63, 3.8) is 0 Å². The maximum atomic E-state index is 11.0. The molecule has 1 aromatic heterocycles. The van der Waals surface area contributed by atoms with Gasteiger partial charge in [-0.05, 0) is 31.4 Å². The third kappa shape index (κ3) is 3.29. The Labute approximate surface area is 108 Å². The first-order valence-corrected chi connectivity index (χ1v) is 6.53. The number of carbonyl (C=O) groups is 1. The van der Waals surface area contributed by atoms with Crippen LogP contribution in [0.25, 0.3) is 0 Å². The molecule has 4 heteroatoms. The highest BCUT2D eigenvalue weighted by atomic mass is 16.4. The van der Waals surface area contributed by atoms with Gasteiger partial charge in [0.1, 0.15) is 0 Å². The second-order valence-corrected chi connectivity index (χ2v) is 5.00. The standard InChI is InChI=1S/C14H20N2O2/c1-11-5-4-8-15-13(11)9-16(10-14(17)18)12-6-2-3-7-12/h4-5,8,12H,2-3,6-7,9-10H2,1H3,(H,17,18). The lowest BCUT2D eigenvalue weighted by Crippen LogP contribution is -2.37. The number of hydrogen-bond donors (Lipinski definition) is 1. The first-order valence-electron chi connectivity index (χ1n) is 6.53. The molecule has 2 rings (SSSR count). The lowest BCUT2D eigenvalue weighted by atomic mass is 10.1. The van der Waals surface area contributed by atoms with Crippen molar-refractivity contribution in [2.45, 2.75) is 45.2 Å². The van der Waals surface area contributed by atoms with E-state index in [1.165, 1.54) is 12.8 Å². The van der Waals surface area contributed by atoms with Crippen LogP contribution in [-0.2, 0) is 11.3 Å². The Balaban J connectivity index is 2.09. The number of pyridine rings is 1. The minimum atomic E-state index is -0.754. The predicted molar refractivity (Wildman–Crippen MR) is 69.3 cm³/mol. The third-order valence-electron chi connectivity index (χ3n) is 3.65. The molecule has 18 heavy (non-hydrogen) atoms. The first kappa shape index (κ1) is 13.0. The molecule has 0 radical (unpaired) electrons. The van der Waals surface area contributed by atoms with E-state index in [4.69, 9.17) is 5.11 Å². The zero-order valence-corrected chi connectivity index (χ0v) is 10.8. The van der Waals surface area contributed by atoms with E-state index >= 15 is 0 Å². The monoisotopic (exact) mass is 248 g/mol. The number of aliphatic carboxylic acids is 1. The maximum absolute atomic E-state index is 11.0. The van der Waals surface area contributed by atoms with Gasteiger partial charge in [-0.3, -0.25) is 14.7 Å². The van der Waals surface area contributed by atoms with Gasteiger partial charge in [-0.2, -0.15) is 0 Å². The molecule has 0 aliphatic heterocycles. The van der Waals surface area contributed by atoms with Crippen LogP contribution in [0, 0.1) is 6.92 Å². The summed E-state index contributed by atoms with van der Waals surface area (Å²) in [7, 11) is 0. The van der Waals surface area contributed by atoms with Crippen LogP contribution in [0.3, 0.4) is 0 Å². The zero-order valence-electron chi connectivity index (χ0n) is 10.8. The van der Waals surface area contributed by atoms with E-state index in [1.807, 2.05) is 19.1 Å². The van der Waals surface area contributed by atoms with Gasteiger partial charge in [-0.15, -0.1) is 0 Å². The third-order valence-corrected chi connectivity index (χ3v) is 3.65. The van der Waals surface area contributed by atoms with Gasteiger partial charge in [-0.25, -0.2) is 0 Å². The van der Waals surface area contributed by atoms with E-state index < -0.39 is 5.97 Å². The number of aromatic nitrogens is 1. The fraction of sp³-hybridized carbons (Fsp3) is 0.571. The summed E-state index contributed by atoms with van der Waals surface area (Å²) in [5, 5.41) is 9.03. The van der Waals surface area contributed by atoms with Gasteiger partial charge < -0.3 is 5.11 Å². The Bertz CT molecular complexity index is 414. The second-order valence-electron chi connectivity index (χ2n) is 5.00. The molecular formula is C14H20N2O2. The van der Waals surface area contributed by atoms with Crippen LogP contribution in [0.4, 0.5) is 0 Å². The van der Waals surface area contributed by atoms with Crippen molar-refractivity contribution < 1.29 is 9.90 Å². The number of hydrogen-bond acceptors (Lipinski definition) is 3. The number of nitrogens with zero attached hydrogens (tertiary/aromatic N) is 2. The van der Waals surface area contributed by atoms with E-state index in [9.17, 15) is 4.79 Å². The molecule has 1 saturated carbocycles. The Kier molecular flexibility index (Phi) is 4.31. The van der Waals surface area contributed by atoms with Crippen molar-refractivity contribution in [1.29, 1.82) is 0 Å². The molecule has 1 heterocycles. The van der Waals surface area contributed by atoms with E-state index in [2.05, 4.69) is 9.88 Å². The summed E-state index contributed by atoms with van der Waals surface area (Å²) >= 11 is 0. The summed E-state index contributed by atoms with van der Waals surface area (Å²) in [6.45, 7) is 2.78. The molecule has 1 fully saturated rings. The average molecular weight is 248 g/mol. The fourth-order valence-corrected chi connectivity index (χ4v) is 2.63. The maximum Gasteiger partial charge on any atom is 0.317 e. The van der Waals surface area contributed by atoms with Crippen molar-refractivity contribution in [1.82, 2.24) is 9.88 Å². The minimum absolute atomic E-state index is 0.112. The number of carboxylic acid groups (broad SMARTS) is 1. The van der Waals surface area contributed by atoms with Gasteiger partial charge >= 0.3 is 5.97 Å². The largest absolute Gasteiger partial charge is 0.480 e. The summed E-state index contributed by atoms with van der Waals surface area (Å²) in [4.78, 5) is 17.4. The highest BCUT2D eigenvalue weighted by Gasteiger charge is 2.24. The molecule has 0 saturated heterocycles. The quantitative estimate of drug-likeness (QED) is 0.868. The summed E-state index contributed by atoms with van der Waals surface area (Å²) in [5.74, 6) is -0.754. The average Bonchev–Trinajstić information content (AvgIpc) is 2.84. The molecule has 1 aromatic rings. The Morgan fingerprint density at radius 3 is 2.83 bits per heavy atom. The summed E-state index contributed by atoms with van der Waals surface area (Å²) in [5.41, 5.74) is 2.12. The Morgan fingerprint density at radius 1 is 1.50 bits per heavy atom. The van der Waals surface area contributed by atoms with Crippen molar-refractivity contribution in [3.8, 4) is 0 Å². The highest BCUT2D eigenvalue weighted by Crippen LogP contribution is 2.24. The van der Waals surface area contributed by atoms with Crippen LogP contribution in [0.2, 0.25) is 0 Å². The number of carboxylic acids is 1. The molecule has 98 valence electrons. The van der Waals surface area contributed by atoms with Gasteiger partial charge in [0.2, 0.25) is 0 Å². The molecule has 0 bridgehead atoms. The van der Waals surface area contributed by atoms with Crippen LogP contribution < -0.4 is 0 Å². The van der Waals surface area contributed by atoms with Crippen molar-refractivity contribution >= 4 is 5.97 Å². The van der Waals surface area contributed by atoms with Gasteiger partial charge in [0.25, 0.3) is 0 Å². The second kappa shape index (κ2) is 5.96. The molecule has 4 nitrogen and oxygen atoms in total. The Hall–Kier alpha value is -1.42. The molecule has 1 N–H and O–H groups in total. The molecule has 0 spiro atoms. The Morgan fingerprint density at radius 2 is 2.22 bits per heavy atom. The van der Waals surface area contributed by atoms with E-state index in [1.54, 1.807) is 6.20 Å². The summed E-state index contributed by atoms with van der Waals surface area (Å²) < 4.78 is 0. The lowest BCUT2D eigenvalue weighted by molar-refractivity contribution is -0.139. The van der Waals surface area contributed by atoms with Gasteiger partial charge in [0.15, 0.2) is 0 Å². The van der Waals surface area contributed by atoms with Crippen LogP contribution in [0.15, 0.2) is 18.3 Å². The number of aryl methyl sites for hydroxylation is 1. The SMILES string of the molecule is Cc1cccnc1CN(CC(=O)O)C1CCCC1. The first-order chi connectivity index (χ1) is 8.66. The van der Waals surface area contributed by atoms with E-state index in [0.717, 1.165) is 24.1 Å². The smallest absolute Gasteiger partial charge is 0.317 e. The summed E-state index contributed by atoms with van der Waals surface area (Å²) in [6, 6.07) is 4.34. The molecule has 0 aromatic carbocycles. The lowest BCUT2D eigenvalue weighted by Gasteiger charge is -2.27. The van der Waals surface area contributed by atoms with E-state index in [-0.39, 0.29) is 6.54 Å². The van der Waals surface area contributed by atoms with Crippen molar-refractivity contribution in [3.05, 3.63) is 29.6 Å². The minimum Gasteiger partial charge on any atom is -0.480 e. The molecule has 0 atom stereocenters. The highest BCUT2D eigenvalue weighted by molar-refractivity contribution is 5.69. The van der Waals surface area contributed by atoms with Gasteiger partial charge in [0, 0.05) is 18.8 Å². The molecule has 0 amide bonds. The number of rotatable bonds is 5.